The van der Waals surface area contributed by atoms with Crippen LogP contribution in [-0.2, 0) is 12.6 Å². The molecule has 0 aliphatic heterocycles. The number of hydrogen-bond donors (Lipinski definition) is 1. The van der Waals surface area contributed by atoms with Crippen molar-refractivity contribution in [1.29, 1.82) is 0 Å². The summed E-state index contributed by atoms with van der Waals surface area (Å²) in [7, 11) is 1.63. The Labute approximate surface area is 191 Å². The van der Waals surface area contributed by atoms with Crippen LogP contribution in [0.2, 0.25) is 0 Å². The Kier molecular flexibility index (Phi) is 4.99. The zero-order valence-electron chi connectivity index (χ0n) is 17.7. The zero-order chi connectivity index (χ0) is 22.2. The molecular formula is C26H21N3O2S. The molecule has 1 amide bonds. The van der Waals surface area contributed by atoms with Crippen molar-refractivity contribution in [3.8, 4) is 11.4 Å². The Bertz CT molecular complexity index is 1460. The predicted octanol–water partition coefficient (Wildman–Crippen LogP) is 4.84. The number of aromatic nitrogens is 2. The molecule has 3 aromatic carbocycles. The van der Waals surface area contributed by atoms with Gasteiger partial charge in [-0.15, -0.1) is 0 Å². The van der Waals surface area contributed by atoms with E-state index in [1.54, 1.807) is 7.11 Å². The summed E-state index contributed by atoms with van der Waals surface area (Å²) in [5, 5.41) is 5.51. The van der Waals surface area contributed by atoms with Crippen LogP contribution in [-0.4, -0.2) is 17.6 Å². The molecule has 32 heavy (non-hydrogen) atoms. The number of nitrogens with one attached hydrogen (secondary N) is 1. The molecule has 5 rings (SSSR count). The summed E-state index contributed by atoms with van der Waals surface area (Å²) in [6.45, 7) is 2.01. The van der Waals surface area contributed by atoms with Crippen molar-refractivity contribution in [3.05, 3.63) is 96.3 Å². The normalized spacial score (nSPS) is 11.1. The highest BCUT2D eigenvalue weighted by atomic mass is 32.1. The minimum absolute atomic E-state index is 0.253. The Balaban J connectivity index is 1.74. The molecule has 0 atom stereocenters. The van der Waals surface area contributed by atoms with Gasteiger partial charge >= 0.3 is 0 Å². The fourth-order valence-corrected chi connectivity index (χ4v) is 4.30. The molecular weight excluding hydrogens is 418 g/mol. The molecule has 0 saturated heterocycles. The molecule has 0 aliphatic rings. The Hall–Kier alpha value is -3.90. The quantitative estimate of drug-likeness (QED) is 0.322. The maximum Gasteiger partial charge on any atom is 0.298 e. The van der Waals surface area contributed by atoms with Crippen LogP contribution < -0.4 is 14.5 Å². The standard InChI is InChI=1S/C26H21N3O2S/c1-17-7-9-19(10-8-17)27-24(30)23-26(32)29(20-11-13-21(31-2)14-12-20)25-22-6-4-3-5-18(22)15-16-28(23)25/h3-16H,1-2H3,(H-,27,30,32). The lowest BCUT2D eigenvalue weighted by atomic mass is 10.1. The average molecular weight is 440 g/mol. The highest BCUT2D eigenvalue weighted by Gasteiger charge is 2.27. The average Bonchev–Trinajstić information content (AvgIpc) is 3.13. The van der Waals surface area contributed by atoms with E-state index in [2.05, 4.69) is 11.4 Å². The third kappa shape index (κ3) is 3.35. The van der Waals surface area contributed by atoms with Crippen molar-refractivity contribution in [1.82, 2.24) is 4.57 Å². The van der Waals surface area contributed by atoms with E-state index in [1.807, 2.05) is 94.9 Å². The minimum atomic E-state index is -0.253. The summed E-state index contributed by atoms with van der Waals surface area (Å²) in [5.41, 5.74) is 3.97. The van der Waals surface area contributed by atoms with Gasteiger partial charge in [-0.3, -0.25) is 4.79 Å². The number of rotatable bonds is 4. The van der Waals surface area contributed by atoms with Gasteiger partial charge in [0.05, 0.1) is 18.7 Å². The van der Waals surface area contributed by atoms with E-state index in [1.165, 1.54) is 0 Å². The van der Waals surface area contributed by atoms with E-state index in [0.717, 1.165) is 39.1 Å². The number of hydrogen-bond acceptors (Lipinski definition) is 3. The first kappa shape index (κ1) is 20.0. The van der Waals surface area contributed by atoms with Crippen LogP contribution in [0.1, 0.15) is 16.1 Å². The summed E-state index contributed by atoms with van der Waals surface area (Å²) in [4.78, 5) is 13.4. The summed E-state index contributed by atoms with van der Waals surface area (Å²) in [6, 6.07) is 25.4. The Morgan fingerprint density at radius 2 is 1.69 bits per heavy atom. The maximum absolute atomic E-state index is 13.4. The highest BCUT2D eigenvalue weighted by molar-refractivity contribution is 7.58. The van der Waals surface area contributed by atoms with E-state index in [0.29, 0.717) is 10.7 Å². The van der Waals surface area contributed by atoms with Gasteiger partial charge < -0.3 is 22.7 Å². The molecule has 158 valence electrons. The molecule has 0 spiro atoms. The van der Waals surface area contributed by atoms with Gasteiger partial charge in [0.25, 0.3) is 11.6 Å². The number of ether oxygens (including phenoxy) is 1. The summed E-state index contributed by atoms with van der Waals surface area (Å²) in [5.74, 6) is 0.502. The monoisotopic (exact) mass is 439 g/mol. The van der Waals surface area contributed by atoms with Crippen molar-refractivity contribution >= 4 is 40.6 Å². The molecule has 1 N–H and O–H groups in total. The number of anilines is 1. The van der Waals surface area contributed by atoms with E-state index < -0.39 is 0 Å². The van der Waals surface area contributed by atoms with Crippen LogP contribution in [0.4, 0.5) is 5.69 Å². The van der Waals surface area contributed by atoms with Gasteiger partial charge in [0.15, 0.2) is 0 Å². The number of fused-ring (bicyclic) bond motifs is 3. The van der Waals surface area contributed by atoms with Gasteiger partial charge in [-0.25, -0.2) is 4.57 Å². The molecule has 0 saturated carbocycles. The van der Waals surface area contributed by atoms with Crippen LogP contribution in [0.15, 0.2) is 90.1 Å². The first-order valence-corrected chi connectivity index (χ1v) is 10.6. The van der Waals surface area contributed by atoms with Crippen molar-refractivity contribution in [2.75, 3.05) is 12.4 Å². The molecule has 6 heteroatoms. The van der Waals surface area contributed by atoms with E-state index in [4.69, 9.17) is 17.4 Å². The number of benzene rings is 3. The van der Waals surface area contributed by atoms with Gasteiger partial charge in [-0.1, -0.05) is 35.9 Å². The molecule has 0 unspecified atom stereocenters. The fourth-order valence-electron chi connectivity index (χ4n) is 3.92. The van der Waals surface area contributed by atoms with Gasteiger partial charge in [-0.2, -0.15) is 4.40 Å². The van der Waals surface area contributed by atoms with Crippen LogP contribution in [0.25, 0.3) is 22.1 Å². The topological polar surface area (TPSA) is 47.4 Å². The van der Waals surface area contributed by atoms with Crippen LogP contribution in [0.5, 0.6) is 5.75 Å². The summed E-state index contributed by atoms with van der Waals surface area (Å²) in [6.07, 6.45) is 1.90. The zero-order valence-corrected chi connectivity index (χ0v) is 18.5. The molecule has 0 radical (unpaired) electrons. The highest BCUT2D eigenvalue weighted by Crippen LogP contribution is 2.26. The molecule has 0 bridgehead atoms. The second kappa shape index (κ2) is 7.98. The predicted molar refractivity (Wildman–Crippen MR) is 128 cm³/mol. The van der Waals surface area contributed by atoms with Crippen molar-refractivity contribution in [2.24, 2.45) is 0 Å². The molecule has 0 aliphatic carbocycles. The lowest BCUT2D eigenvalue weighted by molar-refractivity contribution is -0.513. The molecule has 0 fully saturated rings. The Morgan fingerprint density at radius 3 is 2.41 bits per heavy atom. The molecule has 2 heterocycles. The van der Waals surface area contributed by atoms with Crippen LogP contribution >= 0.6 is 0 Å². The number of imidazole rings is 1. The number of nitrogens with zero attached hydrogens (tertiary/aromatic N) is 2. The Morgan fingerprint density at radius 1 is 0.969 bits per heavy atom. The van der Waals surface area contributed by atoms with Crippen LogP contribution in [0.3, 0.4) is 0 Å². The number of methoxy groups -OCH3 is 1. The largest absolute Gasteiger partial charge is 0.732 e. The molecule has 5 aromatic rings. The fraction of sp³-hybridized carbons (Fsp3) is 0.0769. The van der Waals surface area contributed by atoms with E-state index >= 15 is 0 Å². The van der Waals surface area contributed by atoms with E-state index in [9.17, 15) is 4.79 Å². The van der Waals surface area contributed by atoms with Crippen molar-refractivity contribution < 1.29 is 13.9 Å². The molecule has 5 nitrogen and oxygen atoms in total. The smallest absolute Gasteiger partial charge is 0.298 e. The third-order valence-corrected chi connectivity index (χ3v) is 5.92. The number of aryl methyl sites for hydroxylation is 1. The summed E-state index contributed by atoms with van der Waals surface area (Å²) >= 11 is 5.86. The van der Waals surface area contributed by atoms with Gasteiger partial charge in [0.1, 0.15) is 11.4 Å². The van der Waals surface area contributed by atoms with Crippen molar-refractivity contribution in [2.45, 2.75) is 11.9 Å². The minimum Gasteiger partial charge on any atom is -0.732 e. The number of carbonyl (C=O) groups is 1. The molecule has 2 aromatic heterocycles. The van der Waals surface area contributed by atoms with E-state index in [-0.39, 0.29) is 5.91 Å². The maximum atomic E-state index is 13.4. The number of carbonyl (C=O) groups excluding carboxylic acids is 1. The van der Waals surface area contributed by atoms with Gasteiger partial charge in [0, 0.05) is 10.7 Å². The second-order valence-electron chi connectivity index (χ2n) is 7.60. The third-order valence-electron chi connectivity index (χ3n) is 5.55. The second-order valence-corrected chi connectivity index (χ2v) is 7.99. The first-order valence-electron chi connectivity index (χ1n) is 10.2. The SMILES string of the molecule is COc1ccc(-n2c([S-])c(C(=O)Nc3ccc(C)cc3)[n+]3ccc4ccccc4c23)cc1. The van der Waals surface area contributed by atoms with Crippen molar-refractivity contribution in [3.63, 3.8) is 0 Å². The summed E-state index contributed by atoms with van der Waals surface area (Å²) < 4.78 is 9.13. The number of pyridine rings is 1. The van der Waals surface area contributed by atoms with Gasteiger partial charge in [0.2, 0.25) is 5.69 Å². The van der Waals surface area contributed by atoms with Gasteiger partial charge in [-0.05, 0) is 60.8 Å². The number of amides is 1. The van der Waals surface area contributed by atoms with Crippen LogP contribution in [0, 0.1) is 6.92 Å². The first-order chi connectivity index (χ1) is 15.6. The lowest BCUT2D eigenvalue weighted by Crippen LogP contribution is -2.31. The lowest BCUT2D eigenvalue weighted by Gasteiger charge is -2.09.